The van der Waals surface area contributed by atoms with Crippen molar-refractivity contribution < 1.29 is 17.9 Å². The standard InChI is InChI=1S/C17H24F3NO/c1-12(2)21-7-4-5-15(21)6-8-22-16-10-13(3)9-14(11-16)17(18,19)20/h9-12,15H,4-8H2,1-3H3/t15-/m0/s1. The highest BCUT2D eigenvalue weighted by Crippen LogP contribution is 2.32. The Hall–Kier alpha value is -1.23. The van der Waals surface area contributed by atoms with E-state index in [1.165, 1.54) is 6.42 Å². The van der Waals surface area contributed by atoms with E-state index in [0.29, 0.717) is 30.0 Å². The molecule has 0 aromatic heterocycles. The van der Waals surface area contributed by atoms with Gasteiger partial charge in [-0.25, -0.2) is 0 Å². The molecule has 1 aromatic carbocycles. The molecule has 5 heteroatoms. The van der Waals surface area contributed by atoms with E-state index in [4.69, 9.17) is 4.74 Å². The first-order chi connectivity index (χ1) is 10.3. The maximum absolute atomic E-state index is 12.8. The number of hydrogen-bond donors (Lipinski definition) is 0. The van der Waals surface area contributed by atoms with Crippen LogP contribution < -0.4 is 4.74 Å². The molecule has 1 aromatic rings. The molecule has 124 valence electrons. The molecule has 1 saturated heterocycles. The summed E-state index contributed by atoms with van der Waals surface area (Å²) in [4.78, 5) is 2.45. The minimum absolute atomic E-state index is 0.307. The van der Waals surface area contributed by atoms with E-state index in [1.54, 1.807) is 13.0 Å². The lowest BCUT2D eigenvalue weighted by molar-refractivity contribution is -0.137. The van der Waals surface area contributed by atoms with Gasteiger partial charge in [0.15, 0.2) is 0 Å². The van der Waals surface area contributed by atoms with Crippen LogP contribution >= 0.6 is 0 Å². The quantitative estimate of drug-likeness (QED) is 0.784. The molecule has 0 saturated carbocycles. The van der Waals surface area contributed by atoms with Crippen LogP contribution in [0.3, 0.4) is 0 Å². The smallest absolute Gasteiger partial charge is 0.416 e. The number of aryl methyl sites for hydroxylation is 1. The molecule has 0 amide bonds. The molecule has 0 N–H and O–H groups in total. The van der Waals surface area contributed by atoms with Crippen LogP contribution in [-0.4, -0.2) is 30.1 Å². The zero-order chi connectivity index (χ0) is 16.3. The summed E-state index contributed by atoms with van der Waals surface area (Å²) in [5.74, 6) is 0.307. The molecule has 0 aliphatic carbocycles. The molecular formula is C17H24F3NO. The molecule has 2 rings (SSSR count). The molecule has 0 radical (unpaired) electrons. The third-order valence-electron chi connectivity index (χ3n) is 4.18. The van der Waals surface area contributed by atoms with Gasteiger partial charge in [0.1, 0.15) is 5.75 Å². The van der Waals surface area contributed by atoms with Crippen LogP contribution in [-0.2, 0) is 6.18 Å². The van der Waals surface area contributed by atoms with Crippen molar-refractivity contribution in [3.63, 3.8) is 0 Å². The van der Waals surface area contributed by atoms with Gasteiger partial charge >= 0.3 is 6.18 Å². The lowest BCUT2D eigenvalue weighted by atomic mass is 10.1. The van der Waals surface area contributed by atoms with E-state index in [9.17, 15) is 13.2 Å². The summed E-state index contributed by atoms with van der Waals surface area (Å²) in [6.07, 6.45) is -1.15. The maximum Gasteiger partial charge on any atom is 0.416 e. The Morgan fingerprint density at radius 1 is 1.27 bits per heavy atom. The second kappa shape index (κ2) is 6.90. The highest BCUT2D eigenvalue weighted by molar-refractivity contribution is 5.35. The second-order valence-electron chi connectivity index (χ2n) is 6.30. The van der Waals surface area contributed by atoms with Crippen molar-refractivity contribution in [1.82, 2.24) is 4.90 Å². The number of ether oxygens (including phenoxy) is 1. The zero-order valence-electron chi connectivity index (χ0n) is 13.4. The van der Waals surface area contributed by atoms with Crippen LogP contribution in [0.5, 0.6) is 5.75 Å². The van der Waals surface area contributed by atoms with E-state index >= 15 is 0 Å². The highest BCUT2D eigenvalue weighted by Gasteiger charge is 2.31. The minimum Gasteiger partial charge on any atom is -0.494 e. The van der Waals surface area contributed by atoms with E-state index in [-0.39, 0.29) is 0 Å². The molecule has 22 heavy (non-hydrogen) atoms. The van der Waals surface area contributed by atoms with Gasteiger partial charge in [-0.1, -0.05) is 0 Å². The number of likely N-dealkylation sites (tertiary alicyclic amines) is 1. The van der Waals surface area contributed by atoms with Crippen LogP contribution in [0.1, 0.15) is 44.2 Å². The molecule has 2 nitrogen and oxygen atoms in total. The van der Waals surface area contributed by atoms with Crippen molar-refractivity contribution >= 4 is 0 Å². The zero-order valence-corrected chi connectivity index (χ0v) is 13.4. The number of nitrogens with zero attached hydrogens (tertiary/aromatic N) is 1. The molecule has 1 aliphatic heterocycles. The molecule has 0 spiro atoms. The molecular weight excluding hydrogens is 291 g/mol. The van der Waals surface area contributed by atoms with Gasteiger partial charge in [-0.2, -0.15) is 13.2 Å². The van der Waals surface area contributed by atoms with Crippen molar-refractivity contribution in [2.75, 3.05) is 13.2 Å². The third-order valence-corrected chi connectivity index (χ3v) is 4.18. The van der Waals surface area contributed by atoms with Crippen molar-refractivity contribution in [1.29, 1.82) is 0 Å². The average molecular weight is 315 g/mol. The topological polar surface area (TPSA) is 12.5 Å². The number of halogens is 3. The molecule has 1 atom stereocenters. The molecule has 1 heterocycles. The van der Waals surface area contributed by atoms with Crippen LogP contribution in [0.4, 0.5) is 13.2 Å². The Morgan fingerprint density at radius 3 is 2.64 bits per heavy atom. The summed E-state index contributed by atoms with van der Waals surface area (Å²) in [5.41, 5.74) is -0.0818. The van der Waals surface area contributed by atoms with E-state index < -0.39 is 11.7 Å². The summed E-state index contributed by atoms with van der Waals surface area (Å²) in [7, 11) is 0. The Kier molecular flexibility index (Phi) is 5.37. The fourth-order valence-corrected chi connectivity index (χ4v) is 3.16. The van der Waals surface area contributed by atoms with Crippen molar-refractivity contribution in [2.45, 2.75) is 58.3 Å². The van der Waals surface area contributed by atoms with Gasteiger partial charge in [-0.05, 0) is 70.3 Å². The average Bonchev–Trinajstić information content (AvgIpc) is 2.85. The highest BCUT2D eigenvalue weighted by atomic mass is 19.4. The van der Waals surface area contributed by atoms with Crippen LogP contribution in [0.25, 0.3) is 0 Å². The predicted molar refractivity (Wildman–Crippen MR) is 81.2 cm³/mol. The summed E-state index contributed by atoms with van der Waals surface area (Å²) < 4.78 is 44.0. The first kappa shape index (κ1) is 17.1. The summed E-state index contributed by atoms with van der Waals surface area (Å²) in [6, 6.07) is 4.87. The monoisotopic (exact) mass is 315 g/mol. The summed E-state index contributed by atoms with van der Waals surface area (Å²) in [6.45, 7) is 7.56. The first-order valence-corrected chi connectivity index (χ1v) is 7.85. The number of hydrogen-bond acceptors (Lipinski definition) is 2. The maximum atomic E-state index is 12.8. The Morgan fingerprint density at radius 2 is 2.00 bits per heavy atom. The van der Waals surface area contributed by atoms with Crippen molar-refractivity contribution in [3.05, 3.63) is 29.3 Å². The lowest BCUT2D eigenvalue weighted by Gasteiger charge is -2.28. The number of rotatable bonds is 5. The summed E-state index contributed by atoms with van der Waals surface area (Å²) >= 11 is 0. The fraction of sp³-hybridized carbons (Fsp3) is 0.647. The van der Waals surface area contributed by atoms with Crippen LogP contribution in [0.2, 0.25) is 0 Å². The van der Waals surface area contributed by atoms with Gasteiger partial charge < -0.3 is 4.74 Å². The van der Waals surface area contributed by atoms with Gasteiger partial charge in [0.2, 0.25) is 0 Å². The molecule has 0 bridgehead atoms. The van der Waals surface area contributed by atoms with E-state index in [0.717, 1.165) is 31.5 Å². The largest absolute Gasteiger partial charge is 0.494 e. The minimum atomic E-state index is -4.33. The molecule has 1 aliphatic rings. The Bertz CT molecular complexity index is 499. The van der Waals surface area contributed by atoms with E-state index in [1.807, 2.05) is 0 Å². The predicted octanol–water partition coefficient (Wildman–Crippen LogP) is 4.66. The Balaban J connectivity index is 1.93. The van der Waals surface area contributed by atoms with Crippen LogP contribution in [0, 0.1) is 6.92 Å². The van der Waals surface area contributed by atoms with Crippen LogP contribution in [0.15, 0.2) is 18.2 Å². The Labute approximate surface area is 130 Å². The molecule has 1 fully saturated rings. The van der Waals surface area contributed by atoms with Gasteiger partial charge in [0.25, 0.3) is 0 Å². The fourth-order valence-electron chi connectivity index (χ4n) is 3.16. The van der Waals surface area contributed by atoms with Gasteiger partial charge in [0.05, 0.1) is 12.2 Å². The number of benzene rings is 1. The summed E-state index contributed by atoms with van der Waals surface area (Å²) in [5, 5.41) is 0. The lowest BCUT2D eigenvalue weighted by Crippen LogP contribution is -2.36. The van der Waals surface area contributed by atoms with Gasteiger partial charge in [-0.3, -0.25) is 4.90 Å². The first-order valence-electron chi connectivity index (χ1n) is 7.85. The normalized spacial score (nSPS) is 19.9. The van der Waals surface area contributed by atoms with Gasteiger partial charge in [0, 0.05) is 12.1 Å². The molecule has 0 unspecified atom stereocenters. The van der Waals surface area contributed by atoms with Gasteiger partial charge in [-0.15, -0.1) is 0 Å². The van der Waals surface area contributed by atoms with Crippen molar-refractivity contribution in [3.8, 4) is 5.75 Å². The SMILES string of the molecule is Cc1cc(OCC[C@@H]2CCCN2C(C)C)cc(C(F)(F)F)c1. The second-order valence-corrected chi connectivity index (χ2v) is 6.30. The number of alkyl halides is 3. The van der Waals surface area contributed by atoms with E-state index in [2.05, 4.69) is 18.7 Å². The van der Waals surface area contributed by atoms with Crippen molar-refractivity contribution in [2.24, 2.45) is 0 Å². The third kappa shape index (κ3) is 4.38.